The number of fused-ring (bicyclic) bond motifs is 5. The number of alkyl carbamates (subject to hydrolysis) is 1. The first-order valence-corrected chi connectivity index (χ1v) is 36.9. The van der Waals surface area contributed by atoms with Crippen LogP contribution in [-0.4, -0.2) is 264 Å². The van der Waals surface area contributed by atoms with Crippen molar-refractivity contribution in [1.82, 2.24) is 36.4 Å². The van der Waals surface area contributed by atoms with Crippen molar-refractivity contribution in [3.63, 3.8) is 0 Å². The number of epoxide rings is 1. The van der Waals surface area contributed by atoms with E-state index in [9.17, 15) is 53.1 Å². The number of carbonyl (C=O) groups excluding carboxylic acids is 10. The van der Waals surface area contributed by atoms with Crippen LogP contribution in [0.4, 0.5) is 25.8 Å². The maximum absolute atomic E-state index is 14.3. The number of primary amides is 1. The zero-order valence-corrected chi connectivity index (χ0v) is 64.8. The third kappa shape index (κ3) is 31.4. The highest BCUT2D eigenvalue weighted by Crippen LogP contribution is 2.42. The summed E-state index contributed by atoms with van der Waals surface area (Å²) >= 11 is 6.80. The fourth-order valence-electron chi connectivity index (χ4n) is 11.7. The number of urea groups is 1. The van der Waals surface area contributed by atoms with Crippen molar-refractivity contribution < 1.29 is 110 Å². The van der Waals surface area contributed by atoms with Gasteiger partial charge in [-0.25, -0.2) is 14.4 Å². The number of nitrogens with zero attached hydrogens (tertiary/aromatic N) is 3. The van der Waals surface area contributed by atoms with Gasteiger partial charge in [0, 0.05) is 84.7 Å². The number of nitrogens with two attached hydrogens (primary N) is 1. The fourth-order valence-corrected chi connectivity index (χ4v) is 12.0. The van der Waals surface area contributed by atoms with Gasteiger partial charge in [0.15, 0.2) is 5.72 Å². The molecule has 0 spiro atoms. The Hall–Kier alpha value is -8.25. The lowest BCUT2D eigenvalue weighted by Crippen LogP contribution is -2.63. The average Bonchev–Trinajstić information content (AvgIpc) is 1.52. The van der Waals surface area contributed by atoms with E-state index in [0.717, 1.165) is 28.9 Å². The number of hydrogen-bond acceptors (Lipinski definition) is 23. The summed E-state index contributed by atoms with van der Waals surface area (Å²) in [6, 6.07) is 6.92. The summed E-state index contributed by atoms with van der Waals surface area (Å²) in [6.45, 7) is 14.8. The quantitative estimate of drug-likeness (QED) is 0.0197. The zero-order valence-electron chi connectivity index (χ0n) is 64.1. The molecule has 604 valence electrons. The van der Waals surface area contributed by atoms with E-state index in [-0.39, 0.29) is 94.4 Å². The van der Waals surface area contributed by atoms with E-state index in [1.54, 1.807) is 69.3 Å². The number of rotatable bonds is 44. The van der Waals surface area contributed by atoms with Crippen molar-refractivity contribution in [2.75, 3.05) is 151 Å². The summed E-state index contributed by atoms with van der Waals surface area (Å²) < 4.78 is 67.6. The van der Waals surface area contributed by atoms with Crippen LogP contribution in [0, 0.1) is 17.8 Å². The van der Waals surface area contributed by atoms with Gasteiger partial charge in [-0.2, -0.15) is 0 Å². The lowest BCUT2D eigenvalue weighted by Gasteiger charge is -2.41. The van der Waals surface area contributed by atoms with Gasteiger partial charge in [-0.3, -0.25) is 38.9 Å². The number of benzene rings is 2. The van der Waals surface area contributed by atoms with Crippen LogP contribution < -0.4 is 47.3 Å². The number of anilines is 2. The Balaban J connectivity index is 1.03. The zero-order chi connectivity index (χ0) is 79.3. The van der Waals surface area contributed by atoms with E-state index in [4.69, 9.17) is 74.2 Å². The Labute approximate surface area is 637 Å². The number of methoxy groups -OCH3 is 2. The lowest BCUT2D eigenvalue weighted by molar-refractivity contribution is -0.155. The molecule has 2 aromatic carbocycles. The number of amides is 10. The predicted molar refractivity (Wildman–Crippen MR) is 396 cm³/mol. The minimum absolute atomic E-state index is 0.0352. The number of nitrogens with one attached hydrogen (secondary N) is 6. The van der Waals surface area contributed by atoms with Crippen LogP contribution in [0.5, 0.6) is 5.75 Å². The molecule has 1 unspecified atom stereocenters. The molecule has 9 atom stereocenters. The molecule has 3 aliphatic rings. The number of allylic oxidation sites excluding steroid dienone is 3. The molecular formula is C74H113ClN10O23. The number of likely N-dealkylation sites (N-methyl/N-ethyl adjacent to an activating group) is 1. The molecule has 9 N–H and O–H groups in total. The molecule has 4 bridgehead atoms. The van der Waals surface area contributed by atoms with Crippen LogP contribution in [0.15, 0.2) is 60.2 Å². The summed E-state index contributed by atoms with van der Waals surface area (Å²) in [4.78, 5) is 135. The fraction of sp³-hybridized carbons (Fsp3) is 0.649. The molecule has 3 heterocycles. The smallest absolute Gasteiger partial charge is 0.409 e. The lowest BCUT2D eigenvalue weighted by atomic mass is 9.87. The van der Waals surface area contributed by atoms with Crippen LogP contribution in [-0.2, 0) is 98.7 Å². The van der Waals surface area contributed by atoms with Crippen molar-refractivity contribution in [2.24, 2.45) is 23.5 Å². The largest absolute Gasteiger partial charge is 0.495 e. The number of esters is 1. The molecule has 0 aromatic heterocycles. The molecule has 5 rings (SSSR count). The second-order valence-corrected chi connectivity index (χ2v) is 27.2. The van der Waals surface area contributed by atoms with Crippen molar-refractivity contribution in [3.8, 4) is 5.75 Å². The Kier molecular flexibility index (Phi) is 39.9. The van der Waals surface area contributed by atoms with E-state index in [1.807, 2.05) is 26.8 Å². The Bertz CT molecular complexity index is 3290. The molecule has 0 aliphatic carbocycles. The maximum atomic E-state index is 14.3. The highest BCUT2D eigenvalue weighted by molar-refractivity contribution is 6.35. The number of ether oxygens (including phenoxy) is 12. The van der Waals surface area contributed by atoms with Gasteiger partial charge in [0.1, 0.15) is 60.4 Å². The molecule has 33 nitrogen and oxygen atoms in total. The number of halogens is 1. The summed E-state index contributed by atoms with van der Waals surface area (Å²) in [5, 5.41) is 28.1. The van der Waals surface area contributed by atoms with E-state index in [0.29, 0.717) is 95.1 Å². The Morgan fingerprint density at radius 3 is 2.01 bits per heavy atom. The van der Waals surface area contributed by atoms with E-state index in [1.165, 1.54) is 45.2 Å². The van der Waals surface area contributed by atoms with Crippen LogP contribution in [0.2, 0.25) is 5.02 Å². The molecule has 2 fully saturated rings. The SMILES string of the molecule is CCC(CC)C(=O)NCCOCCOCCOCCOCCOCCOCCC(=O)N[C@H](C(=O)N[C@@H](CCCNC(N)=O)C(=O)Nc1ccc(COC(=O)N(C)CCC(=O)N(C)CC(=O)O[C@@H]2CC(=O)N(C)c3cc(cc(OC)c3Cl)C/C(C)=C/C=C/[C@@H](OC)[C@@]3(O)C[C@H](OC(=O)N3)C(C)[C@@H]3O[C@@H]23)cc1)C(C)C. The first-order valence-electron chi connectivity index (χ1n) is 36.6. The molecule has 2 saturated heterocycles. The monoisotopic (exact) mass is 1540 g/mol. The van der Waals surface area contributed by atoms with Crippen LogP contribution in [0.1, 0.15) is 104 Å². The molecule has 0 radical (unpaired) electrons. The summed E-state index contributed by atoms with van der Waals surface area (Å²) in [7, 11) is 7.17. The van der Waals surface area contributed by atoms with Crippen LogP contribution in [0.25, 0.3) is 0 Å². The van der Waals surface area contributed by atoms with Gasteiger partial charge in [-0.05, 0) is 80.3 Å². The minimum Gasteiger partial charge on any atom is -0.495 e. The number of aliphatic hydroxyl groups is 1. The number of hydrogen-bond donors (Lipinski definition) is 8. The maximum Gasteiger partial charge on any atom is 0.409 e. The molecule has 108 heavy (non-hydrogen) atoms. The number of carbonyl (C=O) groups is 10. The van der Waals surface area contributed by atoms with Gasteiger partial charge in [0.05, 0.1) is 105 Å². The van der Waals surface area contributed by atoms with Gasteiger partial charge < -0.3 is 109 Å². The van der Waals surface area contributed by atoms with Gasteiger partial charge >= 0.3 is 24.2 Å². The third-order valence-corrected chi connectivity index (χ3v) is 18.5. The average molecular weight is 1550 g/mol. The third-order valence-electron chi connectivity index (χ3n) is 18.1. The normalized spacial score (nSPS) is 20.6. The molecule has 0 saturated carbocycles. The standard InChI is InChI=1S/C74H113ClN10O23/c1-12-52(13-2)68(90)77-26-29-100-31-33-102-35-37-104-39-38-103-36-34-101-32-30-99-28-24-60(86)81-65(47(3)4)70(92)80-54(17-15-25-78-71(76)93)69(91)79-53-21-19-50(20-22-53)46-105-73(95)83(7)27-23-61(87)84(8)45-63(89)106-57-43-62(88)85(9)55-41-51(42-56(97-10)64(55)75)40-48(5)16-14-18-59(98-11)74(96)44-58(107-72(94)82-74)49(6)66-67(57)108-66/h14,16,18-22,41-42,47,49,52,54,57-59,65-67,96H,12-13,15,17,23-40,43-46H2,1-11H3,(H,77,90)(H,79,91)(H,80,92)(H,81,86)(H,82,94)(H3,76,78,93)/b18-14+,48-16+/t49?,54-,57+,58-,59+,65-,66-,67-,74-/m0/s1. The highest BCUT2D eigenvalue weighted by atomic mass is 35.5. The van der Waals surface area contributed by atoms with Crippen LogP contribution in [0.3, 0.4) is 0 Å². The van der Waals surface area contributed by atoms with Gasteiger partial charge in [0.2, 0.25) is 35.4 Å². The first-order chi connectivity index (χ1) is 51.6. The summed E-state index contributed by atoms with van der Waals surface area (Å²) in [6.07, 6.45) is 0.259. The molecular weight excluding hydrogens is 1430 g/mol. The Morgan fingerprint density at radius 2 is 1.42 bits per heavy atom. The molecule has 10 amide bonds. The second kappa shape index (κ2) is 47.6. The van der Waals surface area contributed by atoms with Gasteiger partial charge in [0.25, 0.3) is 0 Å². The van der Waals surface area contributed by atoms with Crippen molar-refractivity contribution in [2.45, 2.75) is 154 Å². The topological polar surface area (TPSA) is 413 Å². The molecule has 2 aromatic rings. The van der Waals surface area contributed by atoms with E-state index < -0.39 is 121 Å². The molecule has 34 heteroatoms. The molecule has 3 aliphatic heterocycles. The predicted octanol–water partition coefficient (Wildman–Crippen LogP) is 4.45. The van der Waals surface area contributed by atoms with E-state index >= 15 is 0 Å². The van der Waals surface area contributed by atoms with Crippen molar-refractivity contribution in [1.29, 1.82) is 0 Å². The Morgan fingerprint density at radius 1 is 0.796 bits per heavy atom. The van der Waals surface area contributed by atoms with Gasteiger partial charge in [-0.1, -0.05) is 82.2 Å². The van der Waals surface area contributed by atoms with E-state index in [2.05, 4.69) is 31.9 Å². The van der Waals surface area contributed by atoms with Gasteiger partial charge in [-0.15, -0.1) is 0 Å². The van der Waals surface area contributed by atoms with Crippen molar-refractivity contribution in [3.05, 3.63) is 76.3 Å². The summed E-state index contributed by atoms with van der Waals surface area (Å²) in [5.41, 5.74) is 6.16. The first kappa shape index (κ1) is 90.4. The highest BCUT2D eigenvalue weighted by Gasteiger charge is 2.56. The second-order valence-electron chi connectivity index (χ2n) is 26.8. The summed E-state index contributed by atoms with van der Waals surface area (Å²) in [5.74, 6) is -4.19. The van der Waals surface area contributed by atoms with Crippen LogP contribution >= 0.6 is 11.6 Å². The van der Waals surface area contributed by atoms with Crippen molar-refractivity contribution >= 4 is 82.6 Å². The minimum atomic E-state index is -1.90.